The van der Waals surface area contributed by atoms with Crippen LogP contribution in [0.1, 0.15) is 50.5 Å². The molecule has 1 aromatic carbocycles. The fourth-order valence-corrected chi connectivity index (χ4v) is 3.58. The first-order valence-corrected chi connectivity index (χ1v) is 7.71. The van der Waals surface area contributed by atoms with Crippen molar-refractivity contribution >= 4 is 11.7 Å². The molecular formula is C17H25NO3. The van der Waals surface area contributed by atoms with Gasteiger partial charge in [0, 0.05) is 0 Å². The monoisotopic (exact) mass is 291 g/mol. The van der Waals surface area contributed by atoms with E-state index in [1.54, 1.807) is 13.2 Å². The topological polar surface area (TPSA) is 72.5 Å². The summed E-state index contributed by atoms with van der Waals surface area (Å²) < 4.78 is 5.22. The number of para-hydroxylation sites is 1. The number of anilines is 1. The molecule has 2 atom stereocenters. The Bertz CT molecular complexity index is 495. The molecule has 4 heteroatoms. The minimum atomic E-state index is -0.798. The van der Waals surface area contributed by atoms with Crippen molar-refractivity contribution in [2.75, 3.05) is 12.8 Å². The van der Waals surface area contributed by atoms with E-state index in [-0.39, 0.29) is 5.92 Å². The highest BCUT2D eigenvalue weighted by atomic mass is 16.5. The van der Waals surface area contributed by atoms with E-state index in [0.717, 1.165) is 12.8 Å². The van der Waals surface area contributed by atoms with Crippen molar-refractivity contribution in [3.63, 3.8) is 0 Å². The summed E-state index contributed by atoms with van der Waals surface area (Å²) in [5.74, 6) is -0.270. The number of hydrogen-bond donors (Lipinski definition) is 2. The second-order valence-corrected chi connectivity index (χ2v) is 6.04. The van der Waals surface area contributed by atoms with E-state index >= 15 is 0 Å². The summed E-state index contributed by atoms with van der Waals surface area (Å²) in [7, 11) is 1.55. The van der Waals surface area contributed by atoms with Crippen LogP contribution in [0.2, 0.25) is 0 Å². The summed E-state index contributed by atoms with van der Waals surface area (Å²) in [6, 6.07) is 5.40. The summed E-state index contributed by atoms with van der Waals surface area (Å²) in [6.07, 6.45) is 5.91. The molecule has 0 aliphatic heterocycles. The minimum absolute atomic E-state index is 0.0807. The molecule has 0 bridgehead atoms. The van der Waals surface area contributed by atoms with Gasteiger partial charge in [-0.25, -0.2) is 0 Å². The second kappa shape index (κ2) is 6.83. The van der Waals surface area contributed by atoms with Gasteiger partial charge in [-0.3, -0.25) is 4.79 Å². The second-order valence-electron chi connectivity index (χ2n) is 6.04. The molecule has 2 unspecified atom stereocenters. The van der Waals surface area contributed by atoms with Crippen molar-refractivity contribution in [2.45, 2.75) is 44.9 Å². The minimum Gasteiger partial charge on any atom is -0.495 e. The summed E-state index contributed by atoms with van der Waals surface area (Å²) in [6.45, 7) is 2.05. The van der Waals surface area contributed by atoms with Crippen molar-refractivity contribution < 1.29 is 14.6 Å². The van der Waals surface area contributed by atoms with Crippen LogP contribution in [0, 0.1) is 11.8 Å². The zero-order valence-electron chi connectivity index (χ0n) is 12.8. The zero-order valence-corrected chi connectivity index (χ0v) is 12.8. The molecule has 4 nitrogen and oxygen atoms in total. The predicted octanol–water partition coefficient (Wildman–Crippen LogP) is 3.66. The zero-order chi connectivity index (χ0) is 15.4. The van der Waals surface area contributed by atoms with Crippen LogP contribution in [-0.4, -0.2) is 18.2 Å². The van der Waals surface area contributed by atoms with E-state index in [1.807, 2.05) is 19.1 Å². The van der Waals surface area contributed by atoms with Crippen LogP contribution >= 0.6 is 0 Å². The average Bonchev–Trinajstić information content (AvgIpc) is 2.49. The number of methoxy groups -OCH3 is 1. The Hall–Kier alpha value is -1.71. The van der Waals surface area contributed by atoms with Gasteiger partial charge in [-0.1, -0.05) is 51.2 Å². The first-order valence-electron chi connectivity index (χ1n) is 7.71. The lowest BCUT2D eigenvalue weighted by molar-refractivity contribution is -0.140. The summed E-state index contributed by atoms with van der Waals surface area (Å²) in [4.78, 5) is 11.8. The Morgan fingerprint density at radius 3 is 2.57 bits per heavy atom. The number of nitrogen functional groups attached to an aromatic ring is 1. The van der Waals surface area contributed by atoms with Gasteiger partial charge < -0.3 is 15.6 Å². The van der Waals surface area contributed by atoms with Crippen LogP contribution in [0.4, 0.5) is 5.69 Å². The van der Waals surface area contributed by atoms with Gasteiger partial charge in [0.2, 0.25) is 0 Å². The van der Waals surface area contributed by atoms with Gasteiger partial charge in [0.15, 0.2) is 0 Å². The van der Waals surface area contributed by atoms with Gasteiger partial charge in [0.25, 0.3) is 0 Å². The Morgan fingerprint density at radius 2 is 2.00 bits per heavy atom. The number of benzene rings is 1. The fourth-order valence-electron chi connectivity index (χ4n) is 3.58. The van der Waals surface area contributed by atoms with Crippen molar-refractivity contribution in [3.8, 4) is 5.75 Å². The van der Waals surface area contributed by atoms with Crippen LogP contribution in [0.15, 0.2) is 18.2 Å². The number of hydrogen-bond acceptors (Lipinski definition) is 3. The highest BCUT2D eigenvalue weighted by molar-refractivity contribution is 5.80. The lowest BCUT2D eigenvalue weighted by Crippen LogP contribution is -2.28. The number of ether oxygens (including phenoxy) is 1. The first-order chi connectivity index (χ1) is 10.1. The molecule has 116 valence electrons. The smallest absolute Gasteiger partial charge is 0.311 e. The molecule has 21 heavy (non-hydrogen) atoms. The van der Waals surface area contributed by atoms with E-state index in [9.17, 15) is 9.90 Å². The summed E-state index contributed by atoms with van der Waals surface area (Å²) in [5, 5.41) is 9.72. The van der Waals surface area contributed by atoms with Crippen LogP contribution in [0.5, 0.6) is 5.75 Å². The Kier molecular flexibility index (Phi) is 5.10. The molecule has 1 aliphatic carbocycles. The SMILES string of the molecule is COc1cccc(C(C(=O)O)C(C)C2CCCCC2)c1N. The maximum atomic E-state index is 11.8. The average molecular weight is 291 g/mol. The number of carbonyl (C=O) groups is 1. The van der Waals surface area contributed by atoms with Gasteiger partial charge >= 0.3 is 5.97 Å². The third-order valence-corrected chi connectivity index (χ3v) is 4.84. The summed E-state index contributed by atoms with van der Waals surface area (Å²) >= 11 is 0. The number of nitrogens with two attached hydrogens (primary N) is 1. The molecule has 1 fully saturated rings. The molecule has 2 rings (SSSR count). The van der Waals surface area contributed by atoms with Gasteiger partial charge in [-0.05, 0) is 23.5 Å². The molecular weight excluding hydrogens is 266 g/mol. The number of carboxylic acids is 1. The van der Waals surface area contributed by atoms with Gasteiger partial charge in [0.1, 0.15) is 5.75 Å². The lowest BCUT2D eigenvalue weighted by Gasteiger charge is -2.32. The number of rotatable bonds is 5. The van der Waals surface area contributed by atoms with Crippen molar-refractivity contribution in [2.24, 2.45) is 11.8 Å². The standard InChI is InChI=1S/C17H25NO3/c1-11(12-7-4-3-5-8-12)15(17(19)20)13-9-6-10-14(21-2)16(13)18/h6,9-12,15H,3-5,7-8,18H2,1-2H3,(H,19,20). The fraction of sp³-hybridized carbons (Fsp3) is 0.588. The van der Waals surface area contributed by atoms with Crippen molar-refractivity contribution in [1.82, 2.24) is 0 Å². The molecule has 1 aromatic rings. The largest absolute Gasteiger partial charge is 0.495 e. The molecule has 0 heterocycles. The van der Waals surface area contributed by atoms with E-state index in [1.165, 1.54) is 19.3 Å². The molecule has 0 radical (unpaired) electrons. The highest BCUT2D eigenvalue weighted by Crippen LogP contribution is 2.41. The van der Waals surface area contributed by atoms with Crippen LogP contribution < -0.4 is 10.5 Å². The van der Waals surface area contributed by atoms with Crippen molar-refractivity contribution in [3.05, 3.63) is 23.8 Å². The highest BCUT2D eigenvalue weighted by Gasteiger charge is 2.34. The van der Waals surface area contributed by atoms with Crippen LogP contribution in [0.3, 0.4) is 0 Å². The van der Waals surface area contributed by atoms with Crippen LogP contribution in [0.25, 0.3) is 0 Å². The molecule has 3 N–H and O–H groups in total. The van der Waals surface area contributed by atoms with Crippen LogP contribution in [-0.2, 0) is 4.79 Å². The third kappa shape index (κ3) is 3.31. The molecule has 1 aliphatic rings. The molecule has 0 saturated heterocycles. The third-order valence-electron chi connectivity index (χ3n) is 4.84. The van der Waals surface area contributed by atoms with Gasteiger partial charge in [0.05, 0.1) is 18.7 Å². The Balaban J connectivity index is 2.32. The number of carboxylic acid groups (broad SMARTS) is 1. The van der Waals surface area contributed by atoms with Crippen molar-refractivity contribution in [1.29, 1.82) is 0 Å². The van der Waals surface area contributed by atoms with Gasteiger partial charge in [-0.15, -0.1) is 0 Å². The van der Waals surface area contributed by atoms with E-state index in [4.69, 9.17) is 10.5 Å². The Labute approximate surface area is 126 Å². The first kappa shape index (κ1) is 15.7. The molecule has 1 saturated carbocycles. The normalized spacial score (nSPS) is 19.0. The lowest BCUT2D eigenvalue weighted by atomic mass is 9.72. The molecule has 0 amide bonds. The van der Waals surface area contributed by atoms with E-state index < -0.39 is 11.9 Å². The van der Waals surface area contributed by atoms with E-state index in [2.05, 4.69) is 0 Å². The maximum Gasteiger partial charge on any atom is 0.311 e. The molecule has 0 spiro atoms. The summed E-state index contributed by atoms with van der Waals surface area (Å²) in [5.41, 5.74) is 7.25. The molecule has 0 aromatic heterocycles. The predicted molar refractivity (Wildman–Crippen MR) is 83.5 cm³/mol. The van der Waals surface area contributed by atoms with Gasteiger partial charge in [-0.2, -0.15) is 0 Å². The quantitative estimate of drug-likeness (QED) is 0.812. The van der Waals surface area contributed by atoms with E-state index in [0.29, 0.717) is 22.9 Å². The number of aliphatic carboxylic acids is 1. The Morgan fingerprint density at radius 1 is 1.33 bits per heavy atom. The maximum absolute atomic E-state index is 11.8.